The molecule has 1 unspecified atom stereocenters. The van der Waals surface area contributed by atoms with Crippen molar-refractivity contribution in [1.29, 1.82) is 0 Å². The van der Waals surface area contributed by atoms with E-state index >= 15 is 0 Å². The van der Waals surface area contributed by atoms with E-state index in [1.165, 1.54) is 212 Å². The van der Waals surface area contributed by atoms with Gasteiger partial charge in [0, 0.05) is 19.3 Å². The Morgan fingerprint density at radius 1 is 0.256 bits per heavy atom. The van der Waals surface area contributed by atoms with Crippen molar-refractivity contribution in [3.63, 3.8) is 0 Å². The van der Waals surface area contributed by atoms with Crippen LogP contribution in [0, 0.1) is 0 Å². The molecule has 0 aromatic rings. The van der Waals surface area contributed by atoms with Gasteiger partial charge < -0.3 is 14.2 Å². The lowest BCUT2D eigenvalue weighted by Crippen LogP contribution is -2.30. The molecule has 1 atom stereocenters. The summed E-state index contributed by atoms with van der Waals surface area (Å²) in [7, 11) is 0. The van der Waals surface area contributed by atoms with E-state index in [1.54, 1.807) is 0 Å². The van der Waals surface area contributed by atoms with Crippen molar-refractivity contribution in [2.45, 2.75) is 367 Å². The number of ether oxygens (including phenoxy) is 3. The highest BCUT2D eigenvalue weighted by molar-refractivity contribution is 5.71. The summed E-state index contributed by atoms with van der Waals surface area (Å²) in [5, 5.41) is 0. The highest BCUT2D eigenvalue weighted by atomic mass is 16.6. The second-order valence-corrected chi connectivity index (χ2v) is 23.8. The van der Waals surface area contributed by atoms with Gasteiger partial charge in [-0.1, -0.05) is 350 Å². The van der Waals surface area contributed by atoms with Crippen molar-refractivity contribution in [2.24, 2.45) is 0 Å². The number of unbranched alkanes of at least 4 members (excludes halogenated alkanes) is 40. The second kappa shape index (κ2) is 70.1. The molecule has 0 aromatic heterocycles. The van der Waals surface area contributed by atoms with Crippen LogP contribution >= 0.6 is 0 Å². The van der Waals surface area contributed by atoms with Gasteiger partial charge >= 0.3 is 17.9 Å². The van der Waals surface area contributed by atoms with Crippen molar-refractivity contribution in [3.8, 4) is 0 Å². The van der Waals surface area contributed by atoms with Crippen LogP contribution in [0.5, 0.6) is 0 Å². The monoisotopic (exact) mass is 1140 g/mol. The maximum atomic E-state index is 12.9. The molecule has 0 saturated carbocycles. The third-order valence-corrected chi connectivity index (χ3v) is 15.7. The molecule has 0 bridgehead atoms. The zero-order chi connectivity index (χ0) is 59.2. The van der Waals surface area contributed by atoms with E-state index in [4.69, 9.17) is 14.2 Å². The summed E-state index contributed by atoms with van der Waals surface area (Å²) in [4.78, 5) is 38.5. The van der Waals surface area contributed by atoms with Crippen LogP contribution in [0.3, 0.4) is 0 Å². The van der Waals surface area contributed by atoms with E-state index in [1.807, 2.05) is 0 Å². The first-order valence-electron chi connectivity index (χ1n) is 35.6. The topological polar surface area (TPSA) is 78.9 Å². The van der Waals surface area contributed by atoms with Gasteiger partial charge in [-0.2, -0.15) is 0 Å². The van der Waals surface area contributed by atoms with Crippen LogP contribution in [-0.2, 0) is 28.6 Å². The number of allylic oxidation sites excluding steroid dienone is 14. The second-order valence-electron chi connectivity index (χ2n) is 23.8. The number of hydrogen-bond donors (Lipinski definition) is 0. The molecule has 6 heteroatoms. The van der Waals surface area contributed by atoms with E-state index in [-0.39, 0.29) is 31.1 Å². The van der Waals surface area contributed by atoms with Gasteiger partial charge in [-0.3, -0.25) is 14.4 Å². The Bertz CT molecular complexity index is 1550. The Balaban J connectivity index is 4.28. The lowest BCUT2D eigenvalue weighted by atomic mass is 10.0. The number of rotatable bonds is 65. The number of carbonyl (C=O) groups is 3. The number of esters is 3. The molecule has 0 N–H and O–H groups in total. The largest absolute Gasteiger partial charge is 0.462 e. The van der Waals surface area contributed by atoms with Gasteiger partial charge in [0.25, 0.3) is 0 Å². The average molecular weight is 1140 g/mol. The highest BCUT2D eigenvalue weighted by Gasteiger charge is 2.19. The van der Waals surface area contributed by atoms with Gasteiger partial charge in [-0.15, -0.1) is 0 Å². The van der Waals surface area contributed by atoms with Crippen LogP contribution in [0.1, 0.15) is 361 Å². The van der Waals surface area contributed by atoms with Crippen molar-refractivity contribution in [1.82, 2.24) is 0 Å². The molecular formula is C76H134O6. The van der Waals surface area contributed by atoms with Gasteiger partial charge in [-0.05, 0) is 77.0 Å². The Kier molecular flexibility index (Phi) is 67.2. The van der Waals surface area contributed by atoms with Gasteiger partial charge in [-0.25, -0.2) is 0 Å². The highest BCUT2D eigenvalue weighted by Crippen LogP contribution is 2.18. The van der Waals surface area contributed by atoms with Crippen molar-refractivity contribution in [3.05, 3.63) is 85.1 Å². The molecule has 0 saturated heterocycles. The van der Waals surface area contributed by atoms with Crippen LogP contribution in [0.15, 0.2) is 85.1 Å². The van der Waals surface area contributed by atoms with E-state index in [0.717, 1.165) is 109 Å². The fourth-order valence-electron chi connectivity index (χ4n) is 10.4. The molecule has 0 aliphatic rings. The van der Waals surface area contributed by atoms with Gasteiger partial charge in [0.2, 0.25) is 0 Å². The Morgan fingerprint density at radius 3 is 0.744 bits per heavy atom. The lowest BCUT2D eigenvalue weighted by Gasteiger charge is -2.18. The molecular weight excluding hydrogens is 1010 g/mol. The van der Waals surface area contributed by atoms with Crippen molar-refractivity contribution < 1.29 is 28.6 Å². The first-order valence-corrected chi connectivity index (χ1v) is 35.6. The smallest absolute Gasteiger partial charge is 0.306 e. The Morgan fingerprint density at radius 2 is 0.476 bits per heavy atom. The zero-order valence-corrected chi connectivity index (χ0v) is 54.5. The fourth-order valence-corrected chi connectivity index (χ4v) is 10.4. The predicted molar refractivity (Wildman–Crippen MR) is 358 cm³/mol. The van der Waals surface area contributed by atoms with Gasteiger partial charge in [0.15, 0.2) is 6.10 Å². The molecule has 0 heterocycles. The molecule has 0 aromatic carbocycles. The van der Waals surface area contributed by atoms with Crippen molar-refractivity contribution in [2.75, 3.05) is 13.2 Å². The quantitative estimate of drug-likeness (QED) is 0.0261. The number of carbonyl (C=O) groups excluding carboxylic acids is 3. The maximum Gasteiger partial charge on any atom is 0.306 e. The molecule has 82 heavy (non-hydrogen) atoms. The first-order chi connectivity index (χ1) is 40.5. The van der Waals surface area contributed by atoms with Crippen molar-refractivity contribution >= 4 is 17.9 Å². The summed E-state index contributed by atoms with van der Waals surface area (Å²) < 4.78 is 17.0. The summed E-state index contributed by atoms with van der Waals surface area (Å²) in [6.45, 7) is 6.58. The minimum absolute atomic E-state index is 0.0719. The molecule has 0 rings (SSSR count). The normalized spacial score (nSPS) is 12.6. The standard InChI is InChI=1S/C76H134O6/c1-4-7-10-13-16-19-22-25-28-31-32-33-34-35-36-37-38-39-40-41-42-43-44-46-48-51-54-57-60-63-66-69-75(78)81-72-73(71-80-74(77)68-65-62-59-56-53-50-47-30-27-24-21-18-15-12-9-6-3)82-76(79)70-67-64-61-58-55-52-49-45-29-26-23-20-17-14-11-8-5-2/h7,10,16,19,25,28,32-33,35-36,38-39,41-42,73H,4-6,8-9,11-15,17-18,20-24,26-27,29-31,34,37,40,43-72H2,1-3H3/b10-7-,19-16-,28-25-,33-32-,36-35-,39-38-,42-41-. The molecule has 0 fully saturated rings. The third kappa shape index (κ3) is 67.4. The summed E-state index contributed by atoms with van der Waals surface area (Å²) in [5.74, 6) is -0.855. The van der Waals surface area contributed by atoms with Gasteiger partial charge in [0.1, 0.15) is 13.2 Å². The average Bonchev–Trinajstić information content (AvgIpc) is 3.48. The third-order valence-electron chi connectivity index (χ3n) is 15.7. The van der Waals surface area contributed by atoms with Crippen LogP contribution in [-0.4, -0.2) is 37.2 Å². The summed E-state index contributed by atoms with van der Waals surface area (Å²) in [6.07, 6.45) is 93.2. The predicted octanol–water partition coefficient (Wildman–Crippen LogP) is 24.6. The molecule has 0 radical (unpaired) electrons. The number of hydrogen-bond acceptors (Lipinski definition) is 6. The van der Waals surface area contributed by atoms with E-state index in [0.29, 0.717) is 19.3 Å². The van der Waals surface area contributed by atoms with E-state index < -0.39 is 6.10 Å². The minimum atomic E-state index is -0.777. The van der Waals surface area contributed by atoms with E-state index in [2.05, 4.69) is 106 Å². The molecule has 0 aliphatic carbocycles. The van der Waals surface area contributed by atoms with Crippen LogP contribution in [0.2, 0.25) is 0 Å². The lowest BCUT2D eigenvalue weighted by molar-refractivity contribution is -0.167. The summed E-state index contributed by atoms with van der Waals surface area (Å²) in [6, 6.07) is 0. The van der Waals surface area contributed by atoms with Crippen LogP contribution in [0.4, 0.5) is 0 Å². The molecule has 6 nitrogen and oxygen atoms in total. The van der Waals surface area contributed by atoms with Crippen LogP contribution in [0.25, 0.3) is 0 Å². The molecule has 0 amide bonds. The fraction of sp³-hybridized carbons (Fsp3) is 0.776. The maximum absolute atomic E-state index is 12.9. The first kappa shape index (κ1) is 78.6. The molecule has 474 valence electrons. The Labute approximate surface area is 509 Å². The van der Waals surface area contributed by atoms with Gasteiger partial charge in [0.05, 0.1) is 0 Å². The van der Waals surface area contributed by atoms with E-state index in [9.17, 15) is 14.4 Å². The Hall–Kier alpha value is -3.41. The SMILES string of the molecule is CC/C=C\C/C=C\C/C=C\C/C=C\C/C=C\C/C=C\C/C=C\CCCCCCCCCCCC(=O)OCC(COC(=O)CCCCCCCCCCCCCCCCCC)OC(=O)CCCCCCCCCCCCCCCCCCC. The molecule has 0 aliphatic heterocycles. The minimum Gasteiger partial charge on any atom is -0.462 e. The zero-order valence-electron chi connectivity index (χ0n) is 54.5. The summed E-state index contributed by atoms with van der Waals surface area (Å²) >= 11 is 0. The van der Waals surface area contributed by atoms with Crippen LogP contribution < -0.4 is 0 Å². The summed E-state index contributed by atoms with van der Waals surface area (Å²) in [5.41, 5.74) is 0. The molecule has 0 spiro atoms.